The Hall–Kier alpha value is -3.80. The number of pyridine rings is 4. The summed E-state index contributed by atoms with van der Waals surface area (Å²) in [5.74, 6) is 1.49. The molecule has 2 fully saturated rings. The number of aryl methyl sites for hydroxylation is 4. The van der Waals surface area contributed by atoms with Crippen LogP contribution in [0.15, 0.2) is 49.1 Å². The van der Waals surface area contributed by atoms with Crippen LogP contribution in [0.3, 0.4) is 0 Å². The van der Waals surface area contributed by atoms with Crippen LogP contribution in [0.25, 0.3) is 42.1 Å². The van der Waals surface area contributed by atoms with Crippen LogP contribution in [-0.2, 0) is 18.0 Å². The molecular weight excluding hydrogens is 609 g/mol. The highest BCUT2D eigenvalue weighted by Crippen LogP contribution is 2.42. The number of aromatic nitrogens is 6. The van der Waals surface area contributed by atoms with Crippen molar-refractivity contribution in [1.82, 2.24) is 29.9 Å². The molecule has 0 aliphatic heterocycles. The smallest absolute Gasteiger partial charge is 0.253 e. The SMILES string of the molecule is CCc1cc(C2CC2)cnc1-c1nc2cc(C)cnc2s1.Cc1cnc2sc(-c3ncc(C4CC4)cc3C)nc2c1.O=S=O. The van der Waals surface area contributed by atoms with E-state index in [1.54, 1.807) is 22.7 Å². The van der Waals surface area contributed by atoms with Gasteiger partial charge in [0.05, 0.1) is 0 Å². The molecule has 11 heteroatoms. The maximum atomic E-state index is 8.29. The zero-order chi connectivity index (χ0) is 30.8. The van der Waals surface area contributed by atoms with Crippen LogP contribution in [0.2, 0.25) is 0 Å². The molecule has 8 nitrogen and oxygen atoms in total. The Morgan fingerprint density at radius 3 is 1.64 bits per heavy atom. The topological polar surface area (TPSA) is 111 Å². The third kappa shape index (κ3) is 6.80. The Morgan fingerprint density at radius 1 is 0.682 bits per heavy atom. The van der Waals surface area contributed by atoms with Gasteiger partial charge in [0.2, 0.25) is 0 Å². The van der Waals surface area contributed by atoms with Crippen LogP contribution in [0.4, 0.5) is 0 Å². The van der Waals surface area contributed by atoms with E-state index >= 15 is 0 Å². The van der Waals surface area contributed by atoms with Gasteiger partial charge >= 0.3 is 11.6 Å². The molecule has 0 aromatic carbocycles. The van der Waals surface area contributed by atoms with Crippen LogP contribution in [0, 0.1) is 20.8 Å². The molecule has 0 amide bonds. The third-order valence-electron chi connectivity index (χ3n) is 7.74. The number of hydrogen-bond donors (Lipinski definition) is 0. The predicted molar refractivity (Wildman–Crippen MR) is 178 cm³/mol. The highest BCUT2D eigenvalue weighted by Gasteiger charge is 2.26. The Kier molecular flexibility index (Phi) is 8.97. The van der Waals surface area contributed by atoms with Crippen molar-refractivity contribution >= 4 is 54.9 Å². The molecule has 224 valence electrons. The molecule has 2 aliphatic rings. The van der Waals surface area contributed by atoms with Gasteiger partial charge in [-0.2, -0.15) is 8.42 Å². The summed E-state index contributed by atoms with van der Waals surface area (Å²) in [6.07, 6.45) is 14.1. The van der Waals surface area contributed by atoms with Gasteiger partial charge in [-0.1, -0.05) is 41.7 Å². The molecule has 0 unspecified atom stereocenters. The minimum Gasteiger partial charge on any atom is -0.253 e. The second-order valence-electron chi connectivity index (χ2n) is 11.4. The Morgan fingerprint density at radius 2 is 1.16 bits per heavy atom. The number of hydrogen-bond acceptors (Lipinski definition) is 10. The first-order chi connectivity index (χ1) is 21.4. The summed E-state index contributed by atoms with van der Waals surface area (Å²) in [5, 5.41) is 1.96. The van der Waals surface area contributed by atoms with Gasteiger partial charge in [0.15, 0.2) is 0 Å². The average Bonchev–Trinajstić information content (AvgIpc) is 3.95. The van der Waals surface area contributed by atoms with E-state index in [2.05, 4.69) is 58.0 Å². The third-order valence-corrected chi connectivity index (χ3v) is 9.71. The summed E-state index contributed by atoms with van der Waals surface area (Å²) in [6.45, 7) is 8.40. The molecule has 8 rings (SSSR count). The number of thiazole rings is 2. The van der Waals surface area contributed by atoms with Crippen molar-refractivity contribution in [3.63, 3.8) is 0 Å². The quantitative estimate of drug-likeness (QED) is 0.186. The highest BCUT2D eigenvalue weighted by molar-refractivity contribution is 7.51. The fourth-order valence-electron chi connectivity index (χ4n) is 5.14. The Labute approximate surface area is 267 Å². The van der Waals surface area contributed by atoms with Gasteiger partial charge in [-0.3, -0.25) is 9.97 Å². The molecule has 0 N–H and O–H groups in total. The monoisotopic (exact) mass is 640 g/mol. The molecule has 0 atom stereocenters. The van der Waals surface area contributed by atoms with Crippen molar-refractivity contribution in [2.75, 3.05) is 0 Å². The summed E-state index contributed by atoms with van der Waals surface area (Å²) in [7, 11) is 0. The Bertz CT molecular complexity index is 2010. The molecule has 0 saturated heterocycles. The highest BCUT2D eigenvalue weighted by atomic mass is 32.1. The number of rotatable bonds is 5. The fraction of sp³-hybridized carbons (Fsp3) is 0.333. The van der Waals surface area contributed by atoms with Gasteiger partial charge in [-0.15, -0.1) is 0 Å². The lowest BCUT2D eigenvalue weighted by Crippen LogP contribution is -1.94. The molecule has 0 bridgehead atoms. The minimum absolute atomic E-state index is 0.745. The molecule has 0 radical (unpaired) electrons. The van der Waals surface area contributed by atoms with Crippen molar-refractivity contribution < 1.29 is 8.42 Å². The van der Waals surface area contributed by atoms with Crippen LogP contribution in [-0.4, -0.2) is 38.3 Å². The first-order valence-corrected chi connectivity index (χ1v) is 17.0. The lowest BCUT2D eigenvalue weighted by atomic mass is 10.1. The molecule has 44 heavy (non-hydrogen) atoms. The lowest BCUT2D eigenvalue weighted by Gasteiger charge is -2.06. The van der Waals surface area contributed by atoms with Gasteiger partial charge < -0.3 is 0 Å². The zero-order valence-electron chi connectivity index (χ0n) is 25.0. The Balaban J connectivity index is 0.000000144. The molecule has 6 aromatic rings. The second-order valence-corrected chi connectivity index (χ2v) is 13.5. The number of fused-ring (bicyclic) bond motifs is 2. The van der Waals surface area contributed by atoms with E-state index in [-0.39, 0.29) is 0 Å². The fourth-order valence-corrected chi connectivity index (χ4v) is 7.02. The number of nitrogens with zero attached hydrogens (tertiary/aromatic N) is 6. The first kappa shape index (κ1) is 30.2. The van der Waals surface area contributed by atoms with Crippen LogP contribution < -0.4 is 0 Å². The van der Waals surface area contributed by atoms with E-state index in [9.17, 15) is 0 Å². The molecule has 6 heterocycles. The van der Waals surface area contributed by atoms with E-state index in [0.29, 0.717) is 0 Å². The molecule has 0 spiro atoms. The van der Waals surface area contributed by atoms with Crippen molar-refractivity contribution in [2.45, 2.75) is 71.6 Å². The van der Waals surface area contributed by atoms with E-state index < -0.39 is 11.6 Å². The van der Waals surface area contributed by atoms with Crippen LogP contribution >= 0.6 is 22.7 Å². The van der Waals surface area contributed by atoms with Crippen molar-refractivity contribution in [2.24, 2.45) is 0 Å². The standard InChI is InChI=1S/C17H17N3S.C16H15N3S.O2S/c1-3-11-7-13(12-4-5-12)9-18-15(11)17-20-14-6-10(2)8-19-16(14)21-17;1-9-5-13-15(18-7-9)20-16(19-13)14-10(2)6-12(8-17-14)11-3-4-11;1-3-2/h6-9,12H,3-5H2,1-2H3;5-8,11H,3-4H2,1-2H3;. The summed E-state index contributed by atoms with van der Waals surface area (Å²) < 4.78 is 16.6. The van der Waals surface area contributed by atoms with E-state index in [1.807, 2.05) is 38.6 Å². The van der Waals surface area contributed by atoms with Gasteiger partial charge in [0.1, 0.15) is 42.1 Å². The van der Waals surface area contributed by atoms with Gasteiger partial charge in [-0.25, -0.2) is 19.9 Å². The lowest BCUT2D eigenvalue weighted by molar-refractivity contribution is 0.630. The van der Waals surface area contributed by atoms with Gasteiger partial charge in [0, 0.05) is 24.8 Å². The van der Waals surface area contributed by atoms with E-state index in [1.165, 1.54) is 47.9 Å². The van der Waals surface area contributed by atoms with Crippen LogP contribution in [0.1, 0.15) is 77.8 Å². The van der Waals surface area contributed by atoms with Crippen LogP contribution in [0.5, 0.6) is 0 Å². The van der Waals surface area contributed by atoms with E-state index in [4.69, 9.17) is 18.4 Å². The largest absolute Gasteiger partial charge is 0.335 e. The maximum absolute atomic E-state index is 8.29. The van der Waals surface area contributed by atoms with Crippen molar-refractivity contribution in [3.05, 3.63) is 82.4 Å². The molecular formula is C33H32N6O2S3. The van der Waals surface area contributed by atoms with E-state index in [0.717, 1.165) is 71.5 Å². The predicted octanol–water partition coefficient (Wildman–Crippen LogP) is 8.08. The van der Waals surface area contributed by atoms with Crippen molar-refractivity contribution in [1.29, 1.82) is 0 Å². The average molecular weight is 641 g/mol. The molecule has 2 saturated carbocycles. The molecule has 6 aromatic heterocycles. The second kappa shape index (κ2) is 13.1. The first-order valence-electron chi connectivity index (χ1n) is 14.7. The zero-order valence-corrected chi connectivity index (χ0v) is 27.5. The summed E-state index contributed by atoms with van der Waals surface area (Å²) in [4.78, 5) is 29.7. The van der Waals surface area contributed by atoms with Gasteiger partial charge in [0.25, 0.3) is 0 Å². The van der Waals surface area contributed by atoms with Gasteiger partial charge in [-0.05, 0) is 110 Å². The summed E-state index contributed by atoms with van der Waals surface area (Å²) in [6, 6.07) is 8.76. The molecule has 2 aliphatic carbocycles. The normalized spacial score (nSPS) is 14.1. The summed E-state index contributed by atoms with van der Waals surface area (Å²) in [5.41, 5.74) is 11.5. The summed E-state index contributed by atoms with van der Waals surface area (Å²) >= 11 is 2.50. The maximum Gasteiger partial charge on any atom is 0.335 e. The van der Waals surface area contributed by atoms with Crippen molar-refractivity contribution in [3.8, 4) is 21.4 Å². The minimum atomic E-state index is -0.750.